The van der Waals surface area contributed by atoms with Crippen LogP contribution >= 0.6 is 0 Å². The largest absolute Gasteiger partial charge is 0.534 e. The number of hydrogen-bond donors (Lipinski definition) is 0. The SMILES string of the molecule is CC(=O)OCC(=O)OCCOC(=O)ON1C(=O)CCC1=O. The van der Waals surface area contributed by atoms with Gasteiger partial charge in [0.05, 0.1) is 0 Å². The summed E-state index contributed by atoms with van der Waals surface area (Å²) < 4.78 is 13.4. The second-order valence-electron chi connectivity index (χ2n) is 3.77. The van der Waals surface area contributed by atoms with Gasteiger partial charge in [-0.15, -0.1) is 0 Å². The smallest absolute Gasteiger partial charge is 0.460 e. The third-order valence-electron chi connectivity index (χ3n) is 2.13. The minimum atomic E-state index is -1.27. The molecule has 0 spiro atoms. The Kier molecular flexibility index (Phi) is 6.11. The fourth-order valence-corrected chi connectivity index (χ4v) is 1.24. The molecule has 0 aliphatic carbocycles. The number of carbonyl (C=O) groups is 5. The number of hydroxylamine groups is 2. The van der Waals surface area contributed by atoms with Crippen LogP contribution in [0.2, 0.25) is 0 Å². The molecule has 0 aromatic heterocycles. The van der Waals surface area contributed by atoms with Crippen molar-refractivity contribution >= 4 is 29.9 Å². The molecular formula is C11H13NO9. The molecule has 0 bridgehead atoms. The van der Waals surface area contributed by atoms with E-state index in [1.54, 1.807) is 0 Å². The second-order valence-corrected chi connectivity index (χ2v) is 3.77. The van der Waals surface area contributed by atoms with Crippen molar-refractivity contribution in [3.8, 4) is 0 Å². The van der Waals surface area contributed by atoms with Gasteiger partial charge in [0.15, 0.2) is 6.61 Å². The summed E-state index contributed by atoms with van der Waals surface area (Å²) in [4.78, 5) is 59.2. The summed E-state index contributed by atoms with van der Waals surface area (Å²) in [6, 6.07) is 0. The van der Waals surface area contributed by atoms with E-state index < -0.39 is 36.5 Å². The van der Waals surface area contributed by atoms with Gasteiger partial charge >= 0.3 is 18.1 Å². The van der Waals surface area contributed by atoms with E-state index in [2.05, 4.69) is 19.0 Å². The first kappa shape index (κ1) is 16.4. The molecule has 2 amide bonds. The molecule has 0 aromatic rings. The Bertz CT molecular complexity index is 443. The summed E-state index contributed by atoms with van der Waals surface area (Å²) in [5, 5.41) is 0.328. The molecule has 116 valence electrons. The van der Waals surface area contributed by atoms with Crippen molar-refractivity contribution in [3.63, 3.8) is 0 Å². The zero-order chi connectivity index (χ0) is 15.8. The van der Waals surface area contributed by atoms with E-state index in [4.69, 9.17) is 0 Å². The van der Waals surface area contributed by atoms with Crippen molar-refractivity contribution in [1.29, 1.82) is 0 Å². The van der Waals surface area contributed by atoms with Crippen LogP contribution in [0.4, 0.5) is 4.79 Å². The van der Waals surface area contributed by atoms with E-state index in [9.17, 15) is 24.0 Å². The number of nitrogens with zero attached hydrogens (tertiary/aromatic N) is 1. The van der Waals surface area contributed by atoms with Crippen LogP contribution in [-0.2, 0) is 38.2 Å². The number of amides is 2. The Labute approximate surface area is 118 Å². The lowest BCUT2D eigenvalue weighted by Gasteiger charge is -2.12. The minimum Gasteiger partial charge on any atom is -0.460 e. The predicted molar refractivity (Wildman–Crippen MR) is 61.1 cm³/mol. The lowest BCUT2D eigenvalue weighted by Crippen LogP contribution is -2.32. The van der Waals surface area contributed by atoms with E-state index in [1.807, 2.05) is 0 Å². The molecule has 0 aromatic carbocycles. The van der Waals surface area contributed by atoms with Crippen LogP contribution in [0.1, 0.15) is 19.8 Å². The Morgan fingerprint density at radius 2 is 1.57 bits per heavy atom. The fourth-order valence-electron chi connectivity index (χ4n) is 1.24. The highest BCUT2D eigenvalue weighted by molar-refractivity contribution is 6.01. The van der Waals surface area contributed by atoms with E-state index in [0.717, 1.165) is 6.92 Å². The molecule has 21 heavy (non-hydrogen) atoms. The van der Waals surface area contributed by atoms with Crippen molar-refractivity contribution in [2.45, 2.75) is 19.8 Å². The van der Waals surface area contributed by atoms with Crippen LogP contribution in [0, 0.1) is 0 Å². The first-order valence-electron chi connectivity index (χ1n) is 5.89. The molecule has 1 fully saturated rings. The highest BCUT2D eigenvalue weighted by atomic mass is 16.8. The highest BCUT2D eigenvalue weighted by Crippen LogP contribution is 2.12. The molecule has 10 nitrogen and oxygen atoms in total. The maximum atomic E-state index is 11.1. The standard InChI is InChI=1S/C11H13NO9/c1-7(13)20-6-10(16)18-4-5-19-11(17)21-12-8(14)2-3-9(12)15/h2-6H2,1H3. The Balaban J connectivity index is 2.13. The van der Waals surface area contributed by atoms with E-state index >= 15 is 0 Å². The fraction of sp³-hybridized carbons (Fsp3) is 0.545. The van der Waals surface area contributed by atoms with Gasteiger partial charge in [0.1, 0.15) is 13.2 Å². The highest BCUT2D eigenvalue weighted by Gasteiger charge is 2.33. The van der Waals surface area contributed by atoms with Gasteiger partial charge < -0.3 is 14.2 Å². The monoisotopic (exact) mass is 303 g/mol. The molecule has 1 rings (SSSR count). The van der Waals surface area contributed by atoms with Crippen LogP contribution in [0.25, 0.3) is 0 Å². The van der Waals surface area contributed by atoms with Crippen LogP contribution in [0.15, 0.2) is 0 Å². The summed E-state index contributed by atoms with van der Waals surface area (Å²) in [5.41, 5.74) is 0. The molecular weight excluding hydrogens is 290 g/mol. The average molecular weight is 303 g/mol. The maximum absolute atomic E-state index is 11.1. The Morgan fingerprint density at radius 3 is 2.14 bits per heavy atom. The third kappa shape index (κ3) is 5.89. The first-order chi connectivity index (χ1) is 9.90. The molecule has 0 unspecified atom stereocenters. The molecule has 1 saturated heterocycles. The molecule has 1 aliphatic rings. The summed E-state index contributed by atoms with van der Waals surface area (Å²) in [7, 11) is 0. The normalized spacial score (nSPS) is 13.9. The van der Waals surface area contributed by atoms with Gasteiger partial charge in [0.2, 0.25) is 0 Å². The van der Waals surface area contributed by atoms with Gasteiger partial charge in [-0.25, -0.2) is 9.59 Å². The third-order valence-corrected chi connectivity index (χ3v) is 2.13. The predicted octanol–water partition coefficient (Wildman–Crippen LogP) is -0.690. The second kappa shape index (κ2) is 7.82. The Morgan fingerprint density at radius 1 is 1.00 bits per heavy atom. The van der Waals surface area contributed by atoms with E-state index in [0.29, 0.717) is 5.06 Å². The molecule has 10 heteroatoms. The minimum absolute atomic E-state index is 0.0279. The number of hydrogen-bond acceptors (Lipinski definition) is 9. The molecule has 0 radical (unpaired) electrons. The average Bonchev–Trinajstić information content (AvgIpc) is 2.73. The van der Waals surface area contributed by atoms with Crippen LogP contribution < -0.4 is 0 Å². The van der Waals surface area contributed by atoms with Crippen molar-refractivity contribution in [2.75, 3.05) is 19.8 Å². The zero-order valence-electron chi connectivity index (χ0n) is 11.2. The lowest BCUT2D eigenvalue weighted by molar-refractivity contribution is -0.177. The summed E-state index contributed by atoms with van der Waals surface area (Å²) in [6.45, 7) is -0.0537. The van der Waals surface area contributed by atoms with E-state index in [-0.39, 0.29) is 26.1 Å². The van der Waals surface area contributed by atoms with E-state index in [1.165, 1.54) is 0 Å². The van der Waals surface area contributed by atoms with Gasteiger partial charge in [0.25, 0.3) is 11.8 Å². The maximum Gasteiger partial charge on any atom is 0.534 e. The van der Waals surface area contributed by atoms with Gasteiger partial charge in [-0.05, 0) is 0 Å². The van der Waals surface area contributed by atoms with Crippen LogP contribution in [0.5, 0.6) is 0 Å². The van der Waals surface area contributed by atoms with Gasteiger partial charge in [0, 0.05) is 19.8 Å². The topological polar surface area (TPSA) is 126 Å². The zero-order valence-corrected chi connectivity index (χ0v) is 11.2. The molecule has 0 atom stereocenters. The first-order valence-corrected chi connectivity index (χ1v) is 5.89. The number of ether oxygens (including phenoxy) is 3. The van der Waals surface area contributed by atoms with Crippen LogP contribution in [-0.4, -0.2) is 54.8 Å². The molecule has 0 N–H and O–H groups in total. The summed E-state index contributed by atoms with van der Waals surface area (Å²) in [5.74, 6) is -2.71. The number of imide groups is 1. The molecule has 1 aliphatic heterocycles. The number of esters is 2. The summed E-state index contributed by atoms with van der Waals surface area (Å²) >= 11 is 0. The molecule has 1 heterocycles. The van der Waals surface area contributed by atoms with Gasteiger partial charge in [-0.1, -0.05) is 5.06 Å². The van der Waals surface area contributed by atoms with Crippen molar-refractivity contribution in [3.05, 3.63) is 0 Å². The number of rotatable bonds is 6. The quantitative estimate of drug-likeness (QED) is 0.271. The summed E-state index contributed by atoms with van der Waals surface area (Å²) in [6.07, 6.45) is -1.32. The van der Waals surface area contributed by atoms with Crippen molar-refractivity contribution < 1.29 is 43.0 Å². The van der Waals surface area contributed by atoms with Crippen molar-refractivity contribution in [2.24, 2.45) is 0 Å². The van der Waals surface area contributed by atoms with Gasteiger partial charge in [-0.2, -0.15) is 0 Å². The van der Waals surface area contributed by atoms with Gasteiger partial charge in [-0.3, -0.25) is 19.2 Å². The van der Waals surface area contributed by atoms with Crippen molar-refractivity contribution in [1.82, 2.24) is 5.06 Å². The van der Waals surface area contributed by atoms with Crippen LogP contribution in [0.3, 0.4) is 0 Å². The molecule has 0 saturated carbocycles. The Hall–Kier alpha value is -2.65. The number of carbonyl (C=O) groups excluding carboxylic acids is 5. The lowest BCUT2D eigenvalue weighted by atomic mass is 10.4.